The average molecular weight is 238 g/mol. The average Bonchev–Trinajstić information content (AvgIpc) is 3.05. The van der Waals surface area contributed by atoms with Crippen molar-refractivity contribution in [2.45, 2.75) is 64.3 Å². The first-order valence-corrected chi connectivity index (χ1v) is 7.66. The molecule has 0 aromatic carbocycles. The van der Waals surface area contributed by atoms with E-state index in [1.54, 1.807) is 0 Å². The molecule has 2 aliphatic carbocycles. The van der Waals surface area contributed by atoms with Gasteiger partial charge in [-0.2, -0.15) is 0 Å². The van der Waals surface area contributed by atoms with E-state index < -0.39 is 0 Å². The quantitative estimate of drug-likeness (QED) is 0.699. The fraction of sp³-hybridized carbons (Fsp3) is 1.00. The Morgan fingerprint density at radius 2 is 1.94 bits per heavy atom. The lowest BCUT2D eigenvalue weighted by Crippen LogP contribution is -2.42. The highest BCUT2D eigenvalue weighted by molar-refractivity contribution is 4.92. The maximum atomic E-state index is 3.77. The summed E-state index contributed by atoms with van der Waals surface area (Å²) in [5.74, 6) is 0. The maximum Gasteiger partial charge on any atom is 0.00684 e. The van der Waals surface area contributed by atoms with E-state index in [9.17, 15) is 0 Å². The van der Waals surface area contributed by atoms with Crippen LogP contribution in [0.1, 0.15) is 58.3 Å². The molecule has 0 aliphatic heterocycles. The first kappa shape index (κ1) is 13.4. The third-order valence-corrected chi connectivity index (χ3v) is 4.51. The predicted molar refractivity (Wildman–Crippen MR) is 74.3 cm³/mol. The molecule has 0 atom stereocenters. The normalized spacial score (nSPS) is 23.5. The van der Waals surface area contributed by atoms with Gasteiger partial charge in [0.1, 0.15) is 0 Å². The van der Waals surface area contributed by atoms with E-state index in [2.05, 4.69) is 24.2 Å². The van der Waals surface area contributed by atoms with Gasteiger partial charge in [0.25, 0.3) is 0 Å². The standard InChI is InChI=1S/C15H30N2/c1-3-4-11-17(2)13-15(9-5-6-10-15)12-16-14-7-8-14/h14,16H,3-13H2,1-2H3. The molecule has 2 nitrogen and oxygen atoms in total. The van der Waals surface area contributed by atoms with Gasteiger partial charge >= 0.3 is 0 Å². The van der Waals surface area contributed by atoms with Gasteiger partial charge in [0, 0.05) is 19.1 Å². The van der Waals surface area contributed by atoms with E-state index in [0.717, 1.165) is 6.04 Å². The summed E-state index contributed by atoms with van der Waals surface area (Å²) in [6.45, 7) is 6.15. The molecular formula is C15H30N2. The van der Waals surface area contributed by atoms with Crippen LogP contribution in [0.2, 0.25) is 0 Å². The molecule has 2 heteroatoms. The Morgan fingerprint density at radius 1 is 1.24 bits per heavy atom. The van der Waals surface area contributed by atoms with Gasteiger partial charge < -0.3 is 10.2 Å². The van der Waals surface area contributed by atoms with Gasteiger partial charge in [-0.25, -0.2) is 0 Å². The number of rotatable bonds is 8. The van der Waals surface area contributed by atoms with Crippen LogP contribution in [0, 0.1) is 5.41 Å². The minimum atomic E-state index is 0.602. The highest BCUT2D eigenvalue weighted by atomic mass is 15.1. The summed E-state index contributed by atoms with van der Waals surface area (Å²) in [6.07, 6.45) is 11.3. The second-order valence-electron chi connectivity index (χ2n) is 6.45. The number of hydrogen-bond donors (Lipinski definition) is 1. The Morgan fingerprint density at radius 3 is 2.53 bits per heavy atom. The second kappa shape index (κ2) is 6.19. The largest absolute Gasteiger partial charge is 0.313 e. The highest BCUT2D eigenvalue weighted by Crippen LogP contribution is 2.38. The van der Waals surface area contributed by atoms with E-state index in [4.69, 9.17) is 0 Å². The number of hydrogen-bond acceptors (Lipinski definition) is 2. The summed E-state index contributed by atoms with van der Waals surface area (Å²) in [6, 6.07) is 0.869. The van der Waals surface area contributed by atoms with Crippen LogP contribution in [0.5, 0.6) is 0 Å². The van der Waals surface area contributed by atoms with Crippen molar-refractivity contribution >= 4 is 0 Å². The third kappa shape index (κ3) is 4.26. The Bertz CT molecular complexity index is 217. The Balaban J connectivity index is 1.77. The van der Waals surface area contributed by atoms with Crippen LogP contribution in [0.4, 0.5) is 0 Å². The fourth-order valence-corrected chi connectivity index (χ4v) is 3.24. The number of unbranched alkanes of at least 4 members (excludes halogenated alkanes) is 1. The molecule has 17 heavy (non-hydrogen) atoms. The van der Waals surface area contributed by atoms with E-state index in [-0.39, 0.29) is 0 Å². The molecule has 0 heterocycles. The van der Waals surface area contributed by atoms with Crippen molar-refractivity contribution in [2.75, 3.05) is 26.7 Å². The van der Waals surface area contributed by atoms with Crippen LogP contribution in [0.15, 0.2) is 0 Å². The predicted octanol–water partition coefficient (Wildman–Crippen LogP) is 3.03. The molecule has 1 N–H and O–H groups in total. The zero-order valence-electron chi connectivity index (χ0n) is 11.8. The van der Waals surface area contributed by atoms with E-state index in [0.29, 0.717) is 5.41 Å². The lowest BCUT2D eigenvalue weighted by molar-refractivity contribution is 0.170. The number of nitrogens with zero attached hydrogens (tertiary/aromatic N) is 1. The molecule has 0 bridgehead atoms. The number of nitrogens with one attached hydrogen (secondary N) is 1. The first-order chi connectivity index (χ1) is 8.24. The molecular weight excluding hydrogens is 208 g/mol. The highest BCUT2D eigenvalue weighted by Gasteiger charge is 2.36. The van der Waals surface area contributed by atoms with Gasteiger partial charge in [0.15, 0.2) is 0 Å². The molecule has 0 aromatic heterocycles. The minimum absolute atomic E-state index is 0.602. The maximum absolute atomic E-state index is 3.77. The summed E-state index contributed by atoms with van der Waals surface area (Å²) >= 11 is 0. The summed E-state index contributed by atoms with van der Waals surface area (Å²) in [5.41, 5.74) is 0.602. The second-order valence-corrected chi connectivity index (χ2v) is 6.45. The fourth-order valence-electron chi connectivity index (χ4n) is 3.24. The molecule has 2 rings (SSSR count). The van der Waals surface area contributed by atoms with E-state index in [1.165, 1.54) is 71.0 Å². The van der Waals surface area contributed by atoms with Crippen molar-refractivity contribution in [3.8, 4) is 0 Å². The Hall–Kier alpha value is -0.0800. The SMILES string of the molecule is CCCCN(C)CC1(CNC2CC2)CCCC1. The van der Waals surface area contributed by atoms with Crippen LogP contribution in [0.3, 0.4) is 0 Å². The molecule has 0 radical (unpaired) electrons. The summed E-state index contributed by atoms with van der Waals surface area (Å²) in [7, 11) is 2.31. The lowest BCUT2D eigenvalue weighted by Gasteiger charge is -2.34. The zero-order chi connectivity index (χ0) is 12.1. The molecule has 0 amide bonds. The Labute approximate surface area is 107 Å². The molecule has 2 aliphatic rings. The third-order valence-electron chi connectivity index (χ3n) is 4.51. The van der Waals surface area contributed by atoms with Crippen molar-refractivity contribution in [2.24, 2.45) is 5.41 Å². The topological polar surface area (TPSA) is 15.3 Å². The molecule has 0 aromatic rings. The molecule has 0 spiro atoms. The smallest absolute Gasteiger partial charge is 0.00684 e. The summed E-state index contributed by atoms with van der Waals surface area (Å²) in [5, 5.41) is 3.77. The molecule has 0 unspecified atom stereocenters. The lowest BCUT2D eigenvalue weighted by atomic mass is 9.85. The summed E-state index contributed by atoms with van der Waals surface area (Å²) < 4.78 is 0. The first-order valence-electron chi connectivity index (χ1n) is 7.66. The van der Waals surface area contributed by atoms with Crippen molar-refractivity contribution in [1.82, 2.24) is 10.2 Å². The van der Waals surface area contributed by atoms with Gasteiger partial charge in [-0.15, -0.1) is 0 Å². The van der Waals surface area contributed by atoms with Gasteiger partial charge in [-0.3, -0.25) is 0 Å². The monoisotopic (exact) mass is 238 g/mol. The van der Waals surface area contributed by atoms with E-state index >= 15 is 0 Å². The van der Waals surface area contributed by atoms with Crippen molar-refractivity contribution in [3.63, 3.8) is 0 Å². The van der Waals surface area contributed by atoms with Gasteiger partial charge in [0.2, 0.25) is 0 Å². The molecule has 2 fully saturated rings. The van der Waals surface area contributed by atoms with Crippen LogP contribution in [0.25, 0.3) is 0 Å². The van der Waals surface area contributed by atoms with E-state index in [1.807, 2.05) is 0 Å². The van der Waals surface area contributed by atoms with Crippen molar-refractivity contribution in [1.29, 1.82) is 0 Å². The summed E-state index contributed by atoms with van der Waals surface area (Å²) in [4.78, 5) is 2.57. The van der Waals surface area contributed by atoms with Crippen LogP contribution < -0.4 is 5.32 Å². The van der Waals surface area contributed by atoms with Crippen molar-refractivity contribution < 1.29 is 0 Å². The van der Waals surface area contributed by atoms with Gasteiger partial charge in [0.05, 0.1) is 0 Å². The van der Waals surface area contributed by atoms with Crippen molar-refractivity contribution in [3.05, 3.63) is 0 Å². The zero-order valence-corrected chi connectivity index (χ0v) is 11.8. The molecule has 0 saturated heterocycles. The van der Waals surface area contributed by atoms with Gasteiger partial charge in [-0.1, -0.05) is 26.2 Å². The molecule has 100 valence electrons. The minimum Gasteiger partial charge on any atom is -0.313 e. The van der Waals surface area contributed by atoms with Crippen LogP contribution >= 0.6 is 0 Å². The van der Waals surface area contributed by atoms with Crippen LogP contribution in [-0.4, -0.2) is 37.6 Å². The van der Waals surface area contributed by atoms with Gasteiger partial charge in [-0.05, 0) is 51.1 Å². The van der Waals surface area contributed by atoms with Crippen LogP contribution in [-0.2, 0) is 0 Å². The Kier molecular flexibility index (Phi) is 4.87. The molecule has 2 saturated carbocycles.